The molecule has 0 saturated heterocycles. The fourth-order valence-electron chi connectivity index (χ4n) is 1.41. The fraction of sp³-hybridized carbons (Fsp3) is 0.0909. The lowest BCUT2D eigenvalue weighted by Gasteiger charge is -2.06. The fourth-order valence-corrected chi connectivity index (χ4v) is 1.63. The minimum Gasteiger partial charge on any atom is -0.384 e. The lowest BCUT2D eigenvalue weighted by Crippen LogP contribution is -1.94. The molecule has 2 heterocycles. The number of rotatable bonds is 2. The molecule has 0 unspecified atom stereocenters. The van der Waals surface area contributed by atoms with Crippen molar-refractivity contribution in [2.24, 2.45) is 0 Å². The van der Waals surface area contributed by atoms with Crippen LogP contribution in [0.4, 0.5) is 5.82 Å². The van der Waals surface area contributed by atoms with Gasteiger partial charge in [0.2, 0.25) is 0 Å². The molecule has 76 valence electrons. The van der Waals surface area contributed by atoms with E-state index in [1.807, 2.05) is 12.1 Å². The van der Waals surface area contributed by atoms with Gasteiger partial charge in [0.05, 0.1) is 0 Å². The van der Waals surface area contributed by atoms with Crippen LogP contribution in [0.15, 0.2) is 36.8 Å². The molecule has 0 amide bonds. The van der Waals surface area contributed by atoms with E-state index in [1.54, 1.807) is 24.7 Å². The maximum absolute atomic E-state index is 5.85. The van der Waals surface area contributed by atoms with Crippen LogP contribution in [0.3, 0.4) is 0 Å². The third-order valence-corrected chi connectivity index (χ3v) is 2.42. The van der Waals surface area contributed by atoms with Crippen molar-refractivity contribution in [3.8, 4) is 11.1 Å². The third kappa shape index (κ3) is 2.07. The Morgan fingerprint density at radius 3 is 2.87 bits per heavy atom. The average molecular weight is 220 g/mol. The molecule has 0 saturated carbocycles. The van der Waals surface area contributed by atoms with E-state index < -0.39 is 0 Å². The van der Waals surface area contributed by atoms with Crippen molar-refractivity contribution >= 4 is 17.4 Å². The molecule has 0 aliphatic carbocycles. The molecule has 3 nitrogen and oxygen atoms in total. The zero-order valence-corrected chi connectivity index (χ0v) is 8.78. The van der Waals surface area contributed by atoms with E-state index in [1.165, 1.54) is 0 Å². The Balaban J connectivity index is 2.53. The van der Waals surface area contributed by atoms with Crippen LogP contribution < -0.4 is 5.73 Å². The molecule has 0 aromatic carbocycles. The number of anilines is 1. The number of hydrogen-bond acceptors (Lipinski definition) is 3. The zero-order valence-electron chi connectivity index (χ0n) is 8.02. The summed E-state index contributed by atoms with van der Waals surface area (Å²) < 4.78 is 0. The first-order chi connectivity index (χ1) is 7.31. The van der Waals surface area contributed by atoms with Crippen LogP contribution in [0.25, 0.3) is 11.1 Å². The van der Waals surface area contributed by atoms with Crippen LogP contribution in [-0.4, -0.2) is 9.97 Å². The predicted molar refractivity (Wildman–Crippen MR) is 61.4 cm³/mol. The predicted octanol–water partition coefficient (Wildman–Crippen LogP) is 2.46. The van der Waals surface area contributed by atoms with Crippen LogP contribution in [-0.2, 0) is 5.88 Å². The van der Waals surface area contributed by atoms with Crippen LogP contribution in [0.5, 0.6) is 0 Å². The van der Waals surface area contributed by atoms with Gasteiger partial charge >= 0.3 is 0 Å². The van der Waals surface area contributed by atoms with Crippen LogP contribution >= 0.6 is 11.6 Å². The van der Waals surface area contributed by atoms with Crippen molar-refractivity contribution in [2.75, 3.05) is 5.73 Å². The van der Waals surface area contributed by atoms with Gasteiger partial charge in [0.25, 0.3) is 0 Å². The first kappa shape index (κ1) is 9.93. The standard InChI is InChI=1S/C11H10ClN3/c12-5-9-4-11(13)15-7-10(9)8-2-1-3-14-6-8/h1-4,6-7H,5H2,(H2,13,15). The van der Waals surface area contributed by atoms with Crippen molar-refractivity contribution in [3.05, 3.63) is 42.4 Å². The Kier molecular flexibility index (Phi) is 2.83. The van der Waals surface area contributed by atoms with Crippen LogP contribution in [0.1, 0.15) is 5.56 Å². The molecule has 15 heavy (non-hydrogen) atoms. The van der Waals surface area contributed by atoms with Gasteiger partial charge in [0, 0.05) is 35.6 Å². The molecule has 0 aliphatic rings. The van der Waals surface area contributed by atoms with Crippen molar-refractivity contribution in [2.45, 2.75) is 5.88 Å². The highest BCUT2D eigenvalue weighted by Crippen LogP contribution is 2.24. The number of alkyl halides is 1. The van der Waals surface area contributed by atoms with Crippen molar-refractivity contribution in [1.82, 2.24) is 9.97 Å². The highest BCUT2D eigenvalue weighted by molar-refractivity contribution is 6.17. The summed E-state index contributed by atoms with van der Waals surface area (Å²) in [5.41, 5.74) is 8.54. The Labute approximate surface area is 92.9 Å². The molecule has 0 fully saturated rings. The second-order valence-corrected chi connectivity index (χ2v) is 3.41. The maximum atomic E-state index is 5.85. The van der Waals surface area contributed by atoms with E-state index in [0.29, 0.717) is 11.7 Å². The van der Waals surface area contributed by atoms with Gasteiger partial charge < -0.3 is 5.73 Å². The summed E-state index contributed by atoms with van der Waals surface area (Å²) in [6, 6.07) is 5.63. The number of pyridine rings is 2. The van der Waals surface area contributed by atoms with E-state index >= 15 is 0 Å². The molecule has 4 heteroatoms. The monoisotopic (exact) mass is 219 g/mol. The number of hydrogen-bond donors (Lipinski definition) is 1. The number of halogens is 1. The summed E-state index contributed by atoms with van der Waals surface area (Å²) >= 11 is 5.85. The lowest BCUT2D eigenvalue weighted by molar-refractivity contribution is 1.26. The summed E-state index contributed by atoms with van der Waals surface area (Å²) in [5, 5.41) is 0. The second kappa shape index (κ2) is 4.28. The van der Waals surface area contributed by atoms with Crippen LogP contribution in [0, 0.1) is 0 Å². The molecular formula is C11H10ClN3. The number of nitrogens with zero attached hydrogens (tertiary/aromatic N) is 2. The molecule has 0 bridgehead atoms. The minimum atomic E-state index is 0.414. The Morgan fingerprint density at radius 2 is 2.20 bits per heavy atom. The molecular weight excluding hydrogens is 210 g/mol. The van der Waals surface area contributed by atoms with E-state index in [4.69, 9.17) is 17.3 Å². The summed E-state index contributed by atoms with van der Waals surface area (Å²) in [7, 11) is 0. The average Bonchev–Trinajstić information content (AvgIpc) is 2.30. The molecule has 0 spiro atoms. The smallest absolute Gasteiger partial charge is 0.123 e. The molecule has 0 atom stereocenters. The third-order valence-electron chi connectivity index (χ3n) is 2.13. The maximum Gasteiger partial charge on any atom is 0.123 e. The summed E-state index contributed by atoms with van der Waals surface area (Å²) in [6.45, 7) is 0. The molecule has 0 aliphatic heterocycles. The number of nitrogens with two attached hydrogens (primary N) is 1. The summed E-state index contributed by atoms with van der Waals surface area (Å²) in [5.74, 6) is 0.898. The van der Waals surface area contributed by atoms with E-state index in [-0.39, 0.29) is 0 Å². The van der Waals surface area contributed by atoms with Crippen molar-refractivity contribution < 1.29 is 0 Å². The number of nitrogen functional groups attached to an aromatic ring is 1. The van der Waals surface area contributed by atoms with Gasteiger partial charge in [-0.3, -0.25) is 4.98 Å². The Morgan fingerprint density at radius 1 is 1.33 bits per heavy atom. The van der Waals surface area contributed by atoms with Crippen molar-refractivity contribution in [1.29, 1.82) is 0 Å². The van der Waals surface area contributed by atoms with Crippen LogP contribution in [0.2, 0.25) is 0 Å². The topological polar surface area (TPSA) is 51.8 Å². The summed E-state index contributed by atoms with van der Waals surface area (Å²) in [4.78, 5) is 8.11. The van der Waals surface area contributed by atoms with Gasteiger partial charge in [-0.2, -0.15) is 0 Å². The highest BCUT2D eigenvalue weighted by atomic mass is 35.5. The Bertz CT molecular complexity index is 457. The van der Waals surface area contributed by atoms with E-state index in [9.17, 15) is 0 Å². The van der Waals surface area contributed by atoms with Crippen molar-refractivity contribution in [3.63, 3.8) is 0 Å². The minimum absolute atomic E-state index is 0.414. The van der Waals surface area contributed by atoms with Gasteiger partial charge in [-0.05, 0) is 17.7 Å². The first-order valence-electron chi connectivity index (χ1n) is 4.52. The highest BCUT2D eigenvalue weighted by Gasteiger charge is 2.05. The lowest BCUT2D eigenvalue weighted by atomic mass is 10.1. The zero-order chi connectivity index (χ0) is 10.7. The van der Waals surface area contributed by atoms with E-state index in [0.717, 1.165) is 16.7 Å². The molecule has 2 aromatic rings. The quantitative estimate of drug-likeness (QED) is 0.790. The largest absolute Gasteiger partial charge is 0.384 e. The normalized spacial score (nSPS) is 10.2. The Hall–Kier alpha value is -1.61. The van der Waals surface area contributed by atoms with Gasteiger partial charge in [0.15, 0.2) is 0 Å². The molecule has 0 radical (unpaired) electrons. The van der Waals surface area contributed by atoms with Gasteiger partial charge in [-0.25, -0.2) is 4.98 Å². The molecule has 2 rings (SSSR count). The molecule has 2 aromatic heterocycles. The first-order valence-corrected chi connectivity index (χ1v) is 5.05. The van der Waals surface area contributed by atoms with Gasteiger partial charge in [-0.15, -0.1) is 11.6 Å². The summed E-state index contributed by atoms with van der Waals surface area (Å²) in [6.07, 6.45) is 5.24. The van der Waals surface area contributed by atoms with Gasteiger partial charge in [0.1, 0.15) is 5.82 Å². The number of aromatic nitrogens is 2. The molecule has 2 N–H and O–H groups in total. The second-order valence-electron chi connectivity index (χ2n) is 3.14. The van der Waals surface area contributed by atoms with E-state index in [2.05, 4.69) is 9.97 Å². The SMILES string of the molecule is Nc1cc(CCl)c(-c2cccnc2)cn1. The van der Waals surface area contributed by atoms with Gasteiger partial charge in [-0.1, -0.05) is 6.07 Å².